The van der Waals surface area contributed by atoms with Gasteiger partial charge in [-0.15, -0.1) is 0 Å². The van der Waals surface area contributed by atoms with Crippen molar-refractivity contribution in [3.8, 4) is 5.75 Å². The van der Waals surface area contributed by atoms with Crippen LogP contribution in [0, 0.1) is 0 Å². The summed E-state index contributed by atoms with van der Waals surface area (Å²) < 4.78 is 5.52. The van der Waals surface area contributed by atoms with Crippen molar-refractivity contribution in [2.45, 2.75) is 39.2 Å². The molecule has 2 aromatic carbocycles. The molecule has 0 saturated heterocycles. The van der Waals surface area contributed by atoms with E-state index in [9.17, 15) is 5.11 Å². The molecule has 1 aliphatic rings. The number of aliphatic hydroxyl groups is 1. The fourth-order valence-electron chi connectivity index (χ4n) is 3.06. The van der Waals surface area contributed by atoms with E-state index >= 15 is 0 Å². The van der Waals surface area contributed by atoms with Crippen LogP contribution in [0.15, 0.2) is 36.4 Å². The summed E-state index contributed by atoms with van der Waals surface area (Å²) in [5, 5.41) is 10.7. The second-order valence-electron chi connectivity index (χ2n) is 5.60. The summed E-state index contributed by atoms with van der Waals surface area (Å²) in [5.41, 5.74) is 5.83. The number of aliphatic hydroxyl groups excluding tert-OH is 1. The minimum absolute atomic E-state index is 0.563. The molecule has 0 bridgehead atoms. The highest BCUT2D eigenvalue weighted by Crippen LogP contribution is 2.31. The van der Waals surface area contributed by atoms with Gasteiger partial charge in [-0.1, -0.05) is 38.1 Å². The quantitative estimate of drug-likeness (QED) is 0.923. The lowest BCUT2D eigenvalue weighted by molar-refractivity contribution is 0.220. The Kier molecular flexibility index (Phi) is 3.98. The van der Waals surface area contributed by atoms with Crippen molar-refractivity contribution in [2.75, 3.05) is 6.61 Å². The lowest BCUT2D eigenvalue weighted by atomic mass is 9.94. The van der Waals surface area contributed by atoms with Crippen molar-refractivity contribution in [3.05, 3.63) is 64.2 Å². The third-order valence-corrected chi connectivity index (χ3v) is 4.34. The number of hydrogen-bond acceptors (Lipinski definition) is 2. The van der Waals surface area contributed by atoms with Crippen LogP contribution in [0.4, 0.5) is 0 Å². The third kappa shape index (κ3) is 2.68. The van der Waals surface area contributed by atoms with Crippen LogP contribution < -0.4 is 4.74 Å². The van der Waals surface area contributed by atoms with Crippen LogP contribution in [-0.2, 0) is 19.3 Å². The molecule has 1 aliphatic heterocycles. The molecular formula is C19H22O2. The van der Waals surface area contributed by atoms with Crippen LogP contribution in [0.2, 0.25) is 0 Å². The van der Waals surface area contributed by atoms with E-state index in [1.54, 1.807) is 0 Å². The molecule has 0 radical (unpaired) electrons. The number of hydrogen-bond donors (Lipinski definition) is 1. The van der Waals surface area contributed by atoms with E-state index in [1.807, 2.05) is 18.2 Å². The fraction of sp³-hybridized carbons (Fsp3) is 0.368. The fourth-order valence-corrected chi connectivity index (χ4v) is 3.06. The number of aryl methyl sites for hydroxylation is 2. The smallest absolute Gasteiger partial charge is 0.122 e. The highest BCUT2D eigenvalue weighted by atomic mass is 16.5. The predicted octanol–water partition coefficient (Wildman–Crippen LogP) is 3.83. The zero-order chi connectivity index (χ0) is 14.8. The molecule has 0 spiro atoms. The van der Waals surface area contributed by atoms with Crippen molar-refractivity contribution in [1.29, 1.82) is 0 Å². The van der Waals surface area contributed by atoms with Gasteiger partial charge in [-0.05, 0) is 52.8 Å². The van der Waals surface area contributed by atoms with Gasteiger partial charge in [-0.2, -0.15) is 0 Å². The van der Waals surface area contributed by atoms with Crippen LogP contribution in [0.25, 0.3) is 0 Å². The summed E-state index contributed by atoms with van der Waals surface area (Å²) in [6.45, 7) is 5.09. The normalized spacial score (nSPS) is 14.6. The zero-order valence-corrected chi connectivity index (χ0v) is 12.7. The van der Waals surface area contributed by atoms with Crippen LogP contribution in [0.3, 0.4) is 0 Å². The highest BCUT2D eigenvalue weighted by molar-refractivity contribution is 5.43. The molecule has 0 saturated carbocycles. The Morgan fingerprint density at radius 3 is 2.48 bits per heavy atom. The van der Waals surface area contributed by atoms with Gasteiger partial charge >= 0.3 is 0 Å². The molecule has 2 aromatic rings. The maximum atomic E-state index is 10.7. The van der Waals surface area contributed by atoms with Gasteiger partial charge in [0.15, 0.2) is 0 Å². The molecule has 1 atom stereocenters. The van der Waals surface area contributed by atoms with Crippen molar-refractivity contribution in [3.63, 3.8) is 0 Å². The first-order valence-corrected chi connectivity index (χ1v) is 7.78. The summed E-state index contributed by atoms with van der Waals surface area (Å²) in [6.07, 6.45) is 2.41. The second-order valence-corrected chi connectivity index (χ2v) is 5.60. The van der Waals surface area contributed by atoms with E-state index < -0.39 is 6.10 Å². The molecule has 21 heavy (non-hydrogen) atoms. The predicted molar refractivity (Wildman–Crippen MR) is 84.9 cm³/mol. The molecule has 3 rings (SSSR count). The van der Waals surface area contributed by atoms with Crippen LogP contribution in [0.1, 0.15) is 47.8 Å². The van der Waals surface area contributed by atoms with Crippen LogP contribution >= 0.6 is 0 Å². The van der Waals surface area contributed by atoms with Gasteiger partial charge < -0.3 is 9.84 Å². The summed E-state index contributed by atoms with van der Waals surface area (Å²) in [6, 6.07) is 12.4. The lowest BCUT2D eigenvalue weighted by Crippen LogP contribution is -2.02. The Balaban J connectivity index is 1.93. The molecule has 110 valence electrons. The number of fused-ring (bicyclic) bond motifs is 1. The van der Waals surface area contributed by atoms with Crippen molar-refractivity contribution in [1.82, 2.24) is 0 Å². The Morgan fingerprint density at radius 2 is 1.71 bits per heavy atom. The van der Waals surface area contributed by atoms with Gasteiger partial charge in [0.05, 0.1) is 6.61 Å². The van der Waals surface area contributed by atoms with E-state index in [0.29, 0.717) is 0 Å². The van der Waals surface area contributed by atoms with Crippen molar-refractivity contribution in [2.24, 2.45) is 0 Å². The molecule has 1 N–H and O–H groups in total. The van der Waals surface area contributed by atoms with E-state index in [-0.39, 0.29) is 0 Å². The van der Waals surface area contributed by atoms with Gasteiger partial charge in [0, 0.05) is 6.42 Å². The first-order chi connectivity index (χ1) is 10.2. The summed E-state index contributed by atoms with van der Waals surface area (Å²) >= 11 is 0. The molecule has 0 amide bonds. The topological polar surface area (TPSA) is 29.5 Å². The molecule has 0 aromatic heterocycles. The van der Waals surface area contributed by atoms with Crippen molar-refractivity contribution < 1.29 is 9.84 Å². The minimum atomic E-state index is -0.563. The van der Waals surface area contributed by atoms with Crippen molar-refractivity contribution >= 4 is 0 Å². The molecule has 1 unspecified atom stereocenters. The Hall–Kier alpha value is -1.80. The second kappa shape index (κ2) is 5.90. The lowest BCUT2D eigenvalue weighted by Gasteiger charge is -2.15. The third-order valence-electron chi connectivity index (χ3n) is 4.34. The Morgan fingerprint density at radius 1 is 1.00 bits per heavy atom. The standard InChI is InChI=1S/C19H22O2/c1-3-13-5-6-16(11-14(13)4-2)19(20)17-7-8-18-15(12-17)9-10-21-18/h5-8,11-12,19-20H,3-4,9-10H2,1-2H3. The molecule has 0 aliphatic carbocycles. The maximum absolute atomic E-state index is 10.7. The maximum Gasteiger partial charge on any atom is 0.122 e. The number of rotatable bonds is 4. The summed E-state index contributed by atoms with van der Waals surface area (Å²) in [4.78, 5) is 0. The number of ether oxygens (including phenoxy) is 1. The highest BCUT2D eigenvalue weighted by Gasteiger charge is 2.17. The Labute approximate surface area is 126 Å². The van der Waals surface area contributed by atoms with Gasteiger partial charge in [-0.25, -0.2) is 0 Å². The van der Waals surface area contributed by atoms with Crippen LogP contribution in [0.5, 0.6) is 5.75 Å². The molecule has 2 nitrogen and oxygen atoms in total. The van der Waals surface area contributed by atoms with E-state index in [0.717, 1.165) is 42.7 Å². The zero-order valence-electron chi connectivity index (χ0n) is 12.7. The first-order valence-electron chi connectivity index (χ1n) is 7.78. The SMILES string of the molecule is CCc1ccc(C(O)c2ccc3c(c2)CCO3)cc1CC. The van der Waals surface area contributed by atoms with E-state index in [4.69, 9.17) is 4.74 Å². The Bertz CT molecular complexity index is 646. The first kappa shape index (κ1) is 14.2. The largest absolute Gasteiger partial charge is 0.493 e. The molecule has 1 heterocycles. The average molecular weight is 282 g/mol. The van der Waals surface area contributed by atoms with Gasteiger partial charge in [0.2, 0.25) is 0 Å². The monoisotopic (exact) mass is 282 g/mol. The van der Waals surface area contributed by atoms with Gasteiger partial charge in [-0.3, -0.25) is 0 Å². The summed E-state index contributed by atoms with van der Waals surface area (Å²) in [5.74, 6) is 0.960. The molecule has 2 heteroatoms. The summed E-state index contributed by atoms with van der Waals surface area (Å²) in [7, 11) is 0. The minimum Gasteiger partial charge on any atom is -0.493 e. The molecule has 0 fully saturated rings. The molecular weight excluding hydrogens is 260 g/mol. The van der Waals surface area contributed by atoms with Crippen LogP contribution in [-0.4, -0.2) is 11.7 Å². The van der Waals surface area contributed by atoms with E-state index in [1.165, 1.54) is 16.7 Å². The number of benzene rings is 2. The van der Waals surface area contributed by atoms with Gasteiger partial charge in [0.1, 0.15) is 11.9 Å². The average Bonchev–Trinajstić information content (AvgIpc) is 3.00. The van der Waals surface area contributed by atoms with E-state index in [2.05, 4.69) is 32.0 Å². The van der Waals surface area contributed by atoms with Gasteiger partial charge in [0.25, 0.3) is 0 Å².